The molecule has 1 aromatic heterocycles. The summed E-state index contributed by atoms with van der Waals surface area (Å²) in [4.78, 5) is 2.52. The molecule has 0 amide bonds. The number of piperidine rings is 1. The van der Waals surface area contributed by atoms with Gasteiger partial charge in [0.25, 0.3) is 0 Å². The Morgan fingerprint density at radius 2 is 2.18 bits per heavy atom. The van der Waals surface area contributed by atoms with E-state index in [1.165, 1.54) is 42.8 Å². The van der Waals surface area contributed by atoms with Gasteiger partial charge in [0.2, 0.25) is 0 Å². The van der Waals surface area contributed by atoms with E-state index >= 15 is 0 Å². The van der Waals surface area contributed by atoms with Crippen LogP contribution in [0.3, 0.4) is 0 Å². The molecule has 0 radical (unpaired) electrons. The van der Waals surface area contributed by atoms with Crippen molar-refractivity contribution in [3.05, 3.63) is 5.56 Å². The minimum atomic E-state index is 0.428. The lowest BCUT2D eigenvalue weighted by Gasteiger charge is -2.39. The van der Waals surface area contributed by atoms with E-state index in [4.69, 9.17) is 5.73 Å². The molecule has 1 saturated carbocycles. The van der Waals surface area contributed by atoms with Crippen LogP contribution in [-0.4, -0.2) is 17.5 Å². The number of anilines is 2. The van der Waals surface area contributed by atoms with Crippen molar-refractivity contribution < 1.29 is 0 Å². The minimum absolute atomic E-state index is 0.428. The maximum atomic E-state index is 6.03. The first-order chi connectivity index (χ1) is 8.07. The van der Waals surface area contributed by atoms with E-state index in [1.807, 2.05) is 0 Å². The van der Waals surface area contributed by atoms with Crippen molar-refractivity contribution in [3.63, 3.8) is 0 Å². The van der Waals surface area contributed by atoms with Gasteiger partial charge in [-0.1, -0.05) is 13.8 Å². The van der Waals surface area contributed by atoms with Crippen LogP contribution < -0.4 is 10.6 Å². The third-order valence-corrected chi connectivity index (χ3v) is 4.85. The number of nitrogens with zero attached hydrogens (tertiary/aromatic N) is 2. The summed E-state index contributed by atoms with van der Waals surface area (Å²) in [5.41, 5.74) is 7.81. The van der Waals surface area contributed by atoms with Crippen LogP contribution in [0.5, 0.6) is 0 Å². The van der Waals surface area contributed by atoms with Crippen molar-refractivity contribution in [3.8, 4) is 0 Å². The van der Waals surface area contributed by atoms with Crippen molar-refractivity contribution in [2.45, 2.75) is 45.4 Å². The molecule has 3 rings (SSSR count). The van der Waals surface area contributed by atoms with Gasteiger partial charge in [0.05, 0.1) is 0 Å². The highest BCUT2D eigenvalue weighted by Gasteiger charge is 2.35. The zero-order valence-electron chi connectivity index (χ0n) is 10.7. The Kier molecular flexibility index (Phi) is 2.58. The van der Waals surface area contributed by atoms with Gasteiger partial charge >= 0.3 is 0 Å². The third-order valence-electron chi connectivity index (χ3n) is 3.91. The first-order valence-electron chi connectivity index (χ1n) is 6.57. The van der Waals surface area contributed by atoms with E-state index < -0.39 is 0 Å². The maximum absolute atomic E-state index is 6.03. The summed E-state index contributed by atoms with van der Waals surface area (Å²) < 4.78 is 4.38. The fourth-order valence-corrected chi connectivity index (χ4v) is 3.80. The number of hydrogen-bond acceptors (Lipinski definition) is 4. The molecule has 0 atom stereocenters. The molecular weight excluding hydrogens is 230 g/mol. The topological polar surface area (TPSA) is 42.2 Å². The molecule has 17 heavy (non-hydrogen) atoms. The standard InChI is InChI=1S/C13H21N3S/c1-13(2)6-3-7-16(8-13)12-10(9-4-5-9)11(14)15-17-12/h9H,3-8H2,1-2H3,(H2,14,15). The summed E-state index contributed by atoms with van der Waals surface area (Å²) in [5, 5.41) is 1.36. The third kappa shape index (κ3) is 2.15. The van der Waals surface area contributed by atoms with Crippen LogP contribution in [0, 0.1) is 5.41 Å². The summed E-state index contributed by atoms with van der Waals surface area (Å²) in [7, 11) is 0. The summed E-state index contributed by atoms with van der Waals surface area (Å²) in [6, 6.07) is 0. The number of rotatable bonds is 2. The van der Waals surface area contributed by atoms with Gasteiger partial charge in [-0.15, -0.1) is 0 Å². The van der Waals surface area contributed by atoms with E-state index in [0.717, 1.165) is 12.4 Å². The maximum Gasteiger partial charge on any atom is 0.142 e. The first kappa shape index (κ1) is 11.3. The highest BCUT2D eigenvalue weighted by Crippen LogP contribution is 2.49. The Hall–Kier alpha value is -0.770. The normalized spacial score (nSPS) is 24.0. The number of nitrogens with two attached hydrogens (primary N) is 1. The van der Waals surface area contributed by atoms with E-state index in [0.29, 0.717) is 11.3 Å². The van der Waals surface area contributed by atoms with E-state index in [9.17, 15) is 0 Å². The smallest absolute Gasteiger partial charge is 0.142 e. The minimum Gasteiger partial charge on any atom is -0.383 e. The van der Waals surface area contributed by atoms with Crippen LogP contribution in [-0.2, 0) is 0 Å². The molecule has 2 aliphatic rings. The largest absolute Gasteiger partial charge is 0.383 e. The summed E-state index contributed by atoms with van der Waals surface area (Å²) in [5.74, 6) is 1.49. The number of aromatic nitrogens is 1. The average molecular weight is 251 g/mol. The molecule has 1 saturated heterocycles. The fourth-order valence-electron chi connectivity index (χ4n) is 2.88. The average Bonchev–Trinajstić information content (AvgIpc) is 3.01. The monoisotopic (exact) mass is 251 g/mol. The molecule has 2 fully saturated rings. The lowest BCUT2D eigenvalue weighted by molar-refractivity contribution is 0.293. The van der Waals surface area contributed by atoms with Crippen LogP contribution in [0.4, 0.5) is 10.8 Å². The molecule has 1 aliphatic carbocycles. The zero-order chi connectivity index (χ0) is 12.0. The highest BCUT2D eigenvalue weighted by molar-refractivity contribution is 7.10. The number of nitrogen functional groups attached to an aromatic ring is 1. The Balaban J connectivity index is 1.88. The van der Waals surface area contributed by atoms with Crippen LogP contribution in [0.25, 0.3) is 0 Å². The molecule has 4 heteroatoms. The molecule has 0 bridgehead atoms. The molecule has 2 N–H and O–H groups in total. The molecule has 94 valence electrons. The van der Waals surface area contributed by atoms with Crippen LogP contribution in [0.2, 0.25) is 0 Å². The SMILES string of the molecule is CC1(C)CCCN(c2snc(N)c2C2CC2)C1. The van der Waals surface area contributed by atoms with Crippen molar-refractivity contribution >= 4 is 22.4 Å². The van der Waals surface area contributed by atoms with Crippen LogP contribution in [0.15, 0.2) is 0 Å². The molecule has 2 heterocycles. The molecule has 0 unspecified atom stereocenters. The highest BCUT2D eigenvalue weighted by atomic mass is 32.1. The molecule has 0 spiro atoms. The Bertz CT molecular complexity index is 420. The summed E-state index contributed by atoms with van der Waals surface area (Å²) in [6.45, 7) is 7.04. The molecule has 1 aromatic rings. The predicted octanol–water partition coefficient (Wildman–Crippen LogP) is 3.23. The van der Waals surface area contributed by atoms with Crippen LogP contribution >= 0.6 is 11.5 Å². The van der Waals surface area contributed by atoms with E-state index in [2.05, 4.69) is 23.1 Å². The second-order valence-corrected chi connectivity index (χ2v) is 7.00. The lowest BCUT2D eigenvalue weighted by atomic mass is 9.84. The van der Waals surface area contributed by atoms with Crippen molar-refractivity contribution in [1.82, 2.24) is 4.37 Å². The molecular formula is C13H21N3S. The van der Waals surface area contributed by atoms with Gasteiger partial charge in [0.15, 0.2) is 0 Å². The molecule has 1 aliphatic heterocycles. The quantitative estimate of drug-likeness (QED) is 0.877. The second-order valence-electron chi connectivity index (χ2n) is 6.25. The fraction of sp³-hybridized carbons (Fsp3) is 0.769. The van der Waals surface area contributed by atoms with Gasteiger partial charge in [-0.3, -0.25) is 0 Å². The van der Waals surface area contributed by atoms with Crippen molar-refractivity contribution in [2.24, 2.45) is 5.41 Å². The molecule has 3 nitrogen and oxygen atoms in total. The van der Waals surface area contributed by atoms with Crippen molar-refractivity contribution in [1.29, 1.82) is 0 Å². The lowest BCUT2D eigenvalue weighted by Crippen LogP contribution is -2.40. The first-order valence-corrected chi connectivity index (χ1v) is 7.34. The summed E-state index contributed by atoms with van der Waals surface area (Å²) in [6.07, 6.45) is 5.21. The molecule has 0 aromatic carbocycles. The second kappa shape index (κ2) is 3.87. The van der Waals surface area contributed by atoms with Gasteiger partial charge in [-0.05, 0) is 48.5 Å². The van der Waals surface area contributed by atoms with Gasteiger partial charge in [-0.2, -0.15) is 4.37 Å². The van der Waals surface area contributed by atoms with Crippen molar-refractivity contribution in [2.75, 3.05) is 23.7 Å². The predicted molar refractivity (Wildman–Crippen MR) is 73.7 cm³/mol. The Morgan fingerprint density at radius 3 is 2.82 bits per heavy atom. The number of hydrogen-bond donors (Lipinski definition) is 1. The summed E-state index contributed by atoms with van der Waals surface area (Å²) >= 11 is 1.60. The zero-order valence-corrected chi connectivity index (χ0v) is 11.5. The van der Waals surface area contributed by atoms with Gasteiger partial charge in [0, 0.05) is 18.7 Å². The van der Waals surface area contributed by atoms with Gasteiger partial charge in [-0.25, -0.2) is 0 Å². The van der Waals surface area contributed by atoms with Gasteiger partial charge < -0.3 is 10.6 Å². The Morgan fingerprint density at radius 1 is 1.41 bits per heavy atom. The van der Waals surface area contributed by atoms with Gasteiger partial charge in [0.1, 0.15) is 10.8 Å². The van der Waals surface area contributed by atoms with E-state index in [1.54, 1.807) is 11.5 Å². The Labute approximate surface area is 107 Å². The van der Waals surface area contributed by atoms with Crippen LogP contribution in [0.1, 0.15) is 51.0 Å². The van der Waals surface area contributed by atoms with E-state index in [-0.39, 0.29) is 0 Å².